The van der Waals surface area contributed by atoms with Crippen molar-refractivity contribution in [3.63, 3.8) is 0 Å². The molecule has 1 rings (SSSR count). The Morgan fingerprint density at radius 2 is 1.82 bits per heavy atom. The second-order valence-corrected chi connectivity index (χ2v) is 4.35. The van der Waals surface area contributed by atoms with E-state index in [1.807, 2.05) is 25.9 Å². The number of likely N-dealkylation sites (N-methyl/N-ethyl adjacent to an activating group) is 1. The fraction of sp³-hybridized carbons (Fsp3) is 0.500. The minimum atomic E-state index is -0.928. The van der Waals surface area contributed by atoms with E-state index >= 15 is 0 Å². The van der Waals surface area contributed by atoms with Crippen LogP contribution in [0.5, 0.6) is 5.75 Å². The maximum atomic E-state index is 13.0. The van der Waals surface area contributed by atoms with Gasteiger partial charge in [0, 0.05) is 19.1 Å². The van der Waals surface area contributed by atoms with Crippen LogP contribution in [0.3, 0.4) is 0 Å². The van der Waals surface area contributed by atoms with Gasteiger partial charge in [-0.1, -0.05) is 0 Å². The number of halogens is 2. The molecule has 0 bridgehead atoms. The van der Waals surface area contributed by atoms with Crippen LogP contribution in [0, 0.1) is 11.6 Å². The zero-order valence-corrected chi connectivity index (χ0v) is 10.3. The Morgan fingerprint density at radius 1 is 1.29 bits per heavy atom. The van der Waals surface area contributed by atoms with Crippen LogP contribution in [-0.4, -0.2) is 36.7 Å². The number of aromatic hydroxyl groups is 1. The molecule has 0 amide bonds. The van der Waals surface area contributed by atoms with E-state index in [1.165, 1.54) is 0 Å². The molecule has 0 aliphatic carbocycles. The number of phenols is 1. The maximum Gasteiger partial charge on any atom is 0.187 e. The van der Waals surface area contributed by atoms with Gasteiger partial charge in [-0.25, -0.2) is 8.78 Å². The van der Waals surface area contributed by atoms with Crippen molar-refractivity contribution in [1.82, 2.24) is 10.2 Å². The summed E-state index contributed by atoms with van der Waals surface area (Å²) in [7, 11) is 3.93. The van der Waals surface area contributed by atoms with E-state index in [9.17, 15) is 8.78 Å². The van der Waals surface area contributed by atoms with Gasteiger partial charge in [0.15, 0.2) is 17.4 Å². The molecule has 0 saturated carbocycles. The number of hydrogen-bond donors (Lipinski definition) is 2. The highest BCUT2D eigenvalue weighted by Gasteiger charge is 2.09. The summed E-state index contributed by atoms with van der Waals surface area (Å²) < 4.78 is 26.1. The van der Waals surface area contributed by atoms with E-state index in [0.29, 0.717) is 18.2 Å². The van der Waals surface area contributed by atoms with Crippen LogP contribution in [0.1, 0.15) is 12.5 Å². The standard InChI is InChI=1S/C12H18F2N2O/c1-8(16(2)3)6-15-7-9-4-10(13)12(17)11(14)5-9/h4-5,8,15,17H,6-7H2,1-3H3. The van der Waals surface area contributed by atoms with Crippen molar-refractivity contribution in [2.75, 3.05) is 20.6 Å². The summed E-state index contributed by atoms with van der Waals surface area (Å²) in [5, 5.41) is 12.0. The molecule has 1 aromatic carbocycles. The van der Waals surface area contributed by atoms with Crippen LogP contribution in [0.4, 0.5) is 8.78 Å². The first-order valence-corrected chi connectivity index (χ1v) is 5.46. The summed E-state index contributed by atoms with van der Waals surface area (Å²) in [5.41, 5.74) is 0.476. The van der Waals surface area contributed by atoms with Crippen LogP contribution in [-0.2, 0) is 6.54 Å². The van der Waals surface area contributed by atoms with E-state index in [4.69, 9.17) is 5.11 Å². The van der Waals surface area contributed by atoms with Crippen molar-refractivity contribution in [1.29, 1.82) is 0 Å². The molecule has 3 nitrogen and oxygen atoms in total. The highest BCUT2D eigenvalue weighted by Crippen LogP contribution is 2.21. The van der Waals surface area contributed by atoms with E-state index in [1.54, 1.807) is 0 Å². The minimum absolute atomic E-state index is 0.335. The zero-order chi connectivity index (χ0) is 13.0. The smallest absolute Gasteiger partial charge is 0.187 e. The monoisotopic (exact) mass is 244 g/mol. The third-order valence-electron chi connectivity index (χ3n) is 2.73. The zero-order valence-electron chi connectivity index (χ0n) is 10.3. The molecule has 0 aliphatic rings. The predicted octanol–water partition coefficient (Wildman–Crippen LogP) is 1.71. The van der Waals surface area contributed by atoms with Gasteiger partial charge in [0.05, 0.1) is 0 Å². The van der Waals surface area contributed by atoms with Crippen LogP contribution in [0.2, 0.25) is 0 Å². The molecule has 0 radical (unpaired) electrons. The fourth-order valence-electron chi connectivity index (χ4n) is 1.33. The summed E-state index contributed by atoms with van der Waals surface area (Å²) in [6.07, 6.45) is 0. The second-order valence-electron chi connectivity index (χ2n) is 4.35. The molecule has 5 heteroatoms. The van der Waals surface area contributed by atoms with Gasteiger partial charge >= 0.3 is 0 Å². The van der Waals surface area contributed by atoms with Crippen molar-refractivity contribution in [2.45, 2.75) is 19.5 Å². The summed E-state index contributed by atoms with van der Waals surface area (Å²) in [5.74, 6) is -2.78. The summed E-state index contributed by atoms with van der Waals surface area (Å²) in [4.78, 5) is 2.05. The molecule has 17 heavy (non-hydrogen) atoms. The average molecular weight is 244 g/mol. The first kappa shape index (κ1) is 13.9. The van der Waals surface area contributed by atoms with Gasteiger partial charge in [-0.2, -0.15) is 0 Å². The highest BCUT2D eigenvalue weighted by atomic mass is 19.1. The highest BCUT2D eigenvalue weighted by molar-refractivity contribution is 5.29. The Balaban J connectivity index is 2.53. The molecule has 0 fully saturated rings. The van der Waals surface area contributed by atoms with Crippen LogP contribution < -0.4 is 5.32 Å². The minimum Gasteiger partial charge on any atom is -0.503 e. The molecule has 1 aromatic rings. The van der Waals surface area contributed by atoms with Gasteiger partial charge in [0.1, 0.15) is 0 Å². The molecule has 0 saturated heterocycles. The van der Waals surface area contributed by atoms with Gasteiger partial charge in [0.2, 0.25) is 0 Å². The number of rotatable bonds is 5. The lowest BCUT2D eigenvalue weighted by Crippen LogP contribution is -2.35. The first-order chi connectivity index (χ1) is 7.91. The van der Waals surface area contributed by atoms with Gasteiger partial charge < -0.3 is 15.3 Å². The quantitative estimate of drug-likeness (QED) is 0.827. The lowest BCUT2D eigenvalue weighted by atomic mass is 10.2. The Bertz CT molecular complexity index is 360. The molecule has 2 N–H and O–H groups in total. The van der Waals surface area contributed by atoms with Crippen LogP contribution in [0.15, 0.2) is 12.1 Å². The normalized spacial score (nSPS) is 13.1. The molecule has 0 spiro atoms. The van der Waals surface area contributed by atoms with Crippen molar-refractivity contribution in [3.05, 3.63) is 29.3 Å². The molecular weight excluding hydrogens is 226 g/mol. The number of phenolic OH excluding ortho intramolecular Hbond substituents is 1. The molecule has 1 unspecified atom stereocenters. The number of hydrogen-bond acceptors (Lipinski definition) is 3. The molecular formula is C12H18F2N2O. The topological polar surface area (TPSA) is 35.5 Å². The maximum absolute atomic E-state index is 13.0. The summed E-state index contributed by atoms with van der Waals surface area (Å²) in [6, 6.07) is 2.60. The van der Waals surface area contributed by atoms with E-state index in [2.05, 4.69) is 5.32 Å². The molecule has 0 aliphatic heterocycles. The molecule has 1 atom stereocenters. The second kappa shape index (κ2) is 5.93. The predicted molar refractivity (Wildman–Crippen MR) is 62.9 cm³/mol. The number of nitrogens with zero attached hydrogens (tertiary/aromatic N) is 1. The summed E-state index contributed by atoms with van der Waals surface area (Å²) >= 11 is 0. The van der Waals surface area contributed by atoms with Crippen molar-refractivity contribution < 1.29 is 13.9 Å². The van der Waals surface area contributed by atoms with Gasteiger partial charge in [0.25, 0.3) is 0 Å². The van der Waals surface area contributed by atoms with Crippen molar-refractivity contribution in [3.8, 4) is 5.75 Å². The number of benzene rings is 1. The average Bonchev–Trinajstić information content (AvgIpc) is 2.25. The van der Waals surface area contributed by atoms with Gasteiger partial charge in [-0.3, -0.25) is 0 Å². The van der Waals surface area contributed by atoms with E-state index in [-0.39, 0.29) is 0 Å². The van der Waals surface area contributed by atoms with Gasteiger partial charge in [-0.05, 0) is 38.7 Å². The first-order valence-electron chi connectivity index (χ1n) is 5.46. The third kappa shape index (κ3) is 3.94. The number of nitrogens with one attached hydrogen (secondary N) is 1. The molecule has 0 aromatic heterocycles. The Labute approximate surface area is 100 Å². The van der Waals surface area contributed by atoms with Crippen LogP contribution >= 0.6 is 0 Å². The molecule has 0 heterocycles. The lowest BCUT2D eigenvalue weighted by molar-refractivity contribution is 0.302. The fourth-order valence-corrected chi connectivity index (χ4v) is 1.33. The lowest BCUT2D eigenvalue weighted by Gasteiger charge is -2.20. The Hall–Kier alpha value is -1.20. The van der Waals surface area contributed by atoms with Crippen molar-refractivity contribution in [2.24, 2.45) is 0 Å². The van der Waals surface area contributed by atoms with Gasteiger partial charge in [-0.15, -0.1) is 0 Å². The largest absolute Gasteiger partial charge is 0.503 e. The van der Waals surface area contributed by atoms with Crippen molar-refractivity contribution >= 4 is 0 Å². The molecule has 96 valence electrons. The van der Waals surface area contributed by atoms with E-state index in [0.717, 1.165) is 18.7 Å². The summed E-state index contributed by atoms with van der Waals surface area (Å²) in [6.45, 7) is 3.13. The van der Waals surface area contributed by atoms with E-state index < -0.39 is 17.4 Å². The Kier molecular flexibility index (Phi) is 4.84. The van der Waals surface area contributed by atoms with Crippen LogP contribution in [0.25, 0.3) is 0 Å². The Morgan fingerprint density at radius 3 is 2.29 bits per heavy atom. The SMILES string of the molecule is CC(CNCc1cc(F)c(O)c(F)c1)N(C)C. The third-order valence-corrected chi connectivity index (χ3v) is 2.73.